The number of halogens is 1. The lowest BCUT2D eigenvalue weighted by atomic mass is 10.1. The molecule has 0 fully saturated rings. The summed E-state index contributed by atoms with van der Waals surface area (Å²) >= 11 is 5.99. The number of hydrogen-bond donors (Lipinski definition) is 1. The van der Waals surface area contributed by atoms with Crippen LogP contribution in [0.2, 0.25) is 5.02 Å². The Kier molecular flexibility index (Phi) is 5.40. The fraction of sp³-hybridized carbons (Fsp3) is 0.222. The average molecular weight is 361 g/mol. The monoisotopic (exact) mass is 360 g/mol. The van der Waals surface area contributed by atoms with E-state index >= 15 is 0 Å². The number of rotatable bonds is 6. The topological polar surface area (TPSA) is 69.2 Å². The van der Waals surface area contributed by atoms with Crippen LogP contribution in [-0.4, -0.2) is 25.5 Å². The molecule has 1 amide bonds. The summed E-state index contributed by atoms with van der Waals surface area (Å²) in [7, 11) is 0. The Morgan fingerprint density at radius 2 is 2.12 bits per heavy atom. The molecule has 0 aliphatic carbocycles. The fourth-order valence-electron chi connectivity index (χ4n) is 2.36. The van der Waals surface area contributed by atoms with Crippen molar-refractivity contribution in [2.24, 2.45) is 5.10 Å². The highest BCUT2D eigenvalue weighted by Crippen LogP contribution is 2.32. The lowest BCUT2D eigenvalue weighted by Gasteiger charge is -2.07. The first-order valence-corrected chi connectivity index (χ1v) is 8.16. The van der Waals surface area contributed by atoms with Crippen LogP contribution in [0.25, 0.3) is 0 Å². The molecule has 1 aliphatic heterocycles. The Morgan fingerprint density at radius 3 is 2.96 bits per heavy atom. The lowest BCUT2D eigenvalue weighted by Crippen LogP contribution is -2.19. The number of nitrogens with zero attached hydrogens (tertiary/aromatic N) is 1. The van der Waals surface area contributed by atoms with Crippen molar-refractivity contribution < 1.29 is 19.0 Å². The van der Waals surface area contributed by atoms with Gasteiger partial charge in [-0.25, -0.2) is 5.43 Å². The van der Waals surface area contributed by atoms with Crippen LogP contribution in [0.3, 0.4) is 0 Å². The molecule has 0 saturated carbocycles. The maximum Gasteiger partial charge on any atom is 0.244 e. The molecule has 0 atom stereocenters. The van der Waals surface area contributed by atoms with Gasteiger partial charge in [0.25, 0.3) is 0 Å². The molecule has 1 heterocycles. The predicted octanol–water partition coefficient (Wildman–Crippen LogP) is 3.16. The Hall–Kier alpha value is -2.73. The van der Waals surface area contributed by atoms with Crippen molar-refractivity contribution in [1.29, 1.82) is 0 Å². The number of benzene rings is 2. The second kappa shape index (κ2) is 7.90. The van der Waals surface area contributed by atoms with Gasteiger partial charge in [-0.1, -0.05) is 17.7 Å². The number of fused-ring (bicyclic) bond motifs is 1. The van der Waals surface area contributed by atoms with Gasteiger partial charge in [-0.05, 0) is 42.8 Å². The molecule has 6 nitrogen and oxygen atoms in total. The van der Waals surface area contributed by atoms with Crippen LogP contribution >= 0.6 is 11.6 Å². The van der Waals surface area contributed by atoms with E-state index < -0.39 is 0 Å². The van der Waals surface area contributed by atoms with Crippen molar-refractivity contribution in [2.45, 2.75) is 13.3 Å². The zero-order valence-electron chi connectivity index (χ0n) is 13.6. The third-order valence-corrected chi connectivity index (χ3v) is 3.70. The highest BCUT2D eigenvalue weighted by Gasteiger charge is 2.14. The summed E-state index contributed by atoms with van der Waals surface area (Å²) in [5.41, 5.74) is 4.00. The number of carbonyl (C=O) groups is 1. The standard InChI is InChI=1S/C18H17ClN2O4/c1-2-23-15-6-4-14(19)9-13(15)10-20-21-18(22)8-12-3-5-16-17(7-12)25-11-24-16/h3-7,9-10H,2,8,11H2,1H3,(H,21,22). The summed E-state index contributed by atoms with van der Waals surface area (Å²) in [6.45, 7) is 2.62. The van der Waals surface area contributed by atoms with Crippen LogP contribution in [0.15, 0.2) is 41.5 Å². The van der Waals surface area contributed by atoms with E-state index in [2.05, 4.69) is 10.5 Å². The number of nitrogens with one attached hydrogen (secondary N) is 1. The van der Waals surface area contributed by atoms with Gasteiger partial charge in [0.05, 0.1) is 19.2 Å². The summed E-state index contributed by atoms with van der Waals surface area (Å²) in [5, 5.41) is 4.54. The Bertz CT molecular complexity index is 808. The molecule has 0 unspecified atom stereocenters. The second-order valence-electron chi connectivity index (χ2n) is 5.27. The van der Waals surface area contributed by atoms with Crippen LogP contribution in [0, 0.1) is 0 Å². The molecule has 0 bridgehead atoms. The quantitative estimate of drug-likeness (QED) is 0.634. The molecule has 0 saturated heterocycles. The second-order valence-corrected chi connectivity index (χ2v) is 5.71. The molecule has 25 heavy (non-hydrogen) atoms. The molecular formula is C18H17ClN2O4. The van der Waals surface area contributed by atoms with Gasteiger partial charge < -0.3 is 14.2 Å². The minimum absolute atomic E-state index is 0.182. The van der Waals surface area contributed by atoms with Crippen molar-refractivity contribution in [2.75, 3.05) is 13.4 Å². The third kappa shape index (κ3) is 4.42. The van der Waals surface area contributed by atoms with Crippen LogP contribution in [0.5, 0.6) is 17.2 Å². The summed E-state index contributed by atoms with van der Waals surface area (Å²) < 4.78 is 16.0. The highest BCUT2D eigenvalue weighted by molar-refractivity contribution is 6.30. The Labute approximate surface area is 150 Å². The van der Waals surface area contributed by atoms with E-state index in [1.54, 1.807) is 30.3 Å². The molecule has 1 N–H and O–H groups in total. The average Bonchev–Trinajstić information content (AvgIpc) is 3.05. The van der Waals surface area contributed by atoms with E-state index in [-0.39, 0.29) is 19.1 Å². The maximum absolute atomic E-state index is 12.0. The molecular weight excluding hydrogens is 344 g/mol. The minimum Gasteiger partial charge on any atom is -0.493 e. The normalized spacial score (nSPS) is 12.4. The molecule has 2 aromatic carbocycles. The summed E-state index contributed by atoms with van der Waals surface area (Å²) in [6, 6.07) is 10.6. The maximum atomic E-state index is 12.0. The molecule has 2 aromatic rings. The predicted molar refractivity (Wildman–Crippen MR) is 94.6 cm³/mol. The van der Waals surface area contributed by atoms with Crippen LogP contribution in [0.4, 0.5) is 0 Å². The van der Waals surface area contributed by atoms with Gasteiger partial charge in [0.1, 0.15) is 5.75 Å². The van der Waals surface area contributed by atoms with Crippen molar-refractivity contribution in [3.63, 3.8) is 0 Å². The Morgan fingerprint density at radius 1 is 1.28 bits per heavy atom. The van der Waals surface area contributed by atoms with Crippen LogP contribution < -0.4 is 19.6 Å². The Balaban J connectivity index is 1.60. The zero-order valence-corrected chi connectivity index (χ0v) is 14.4. The van der Waals surface area contributed by atoms with Crippen LogP contribution in [0.1, 0.15) is 18.1 Å². The van der Waals surface area contributed by atoms with E-state index in [0.29, 0.717) is 34.4 Å². The fourth-order valence-corrected chi connectivity index (χ4v) is 2.54. The van der Waals surface area contributed by atoms with Gasteiger partial charge in [0.2, 0.25) is 12.7 Å². The van der Waals surface area contributed by atoms with Gasteiger partial charge in [-0.3, -0.25) is 4.79 Å². The number of hydrazone groups is 1. The summed E-state index contributed by atoms with van der Waals surface area (Å²) in [5.74, 6) is 1.75. The van der Waals surface area contributed by atoms with E-state index in [9.17, 15) is 4.79 Å². The first-order chi connectivity index (χ1) is 12.2. The first-order valence-electron chi connectivity index (χ1n) is 7.78. The summed E-state index contributed by atoms with van der Waals surface area (Å²) in [4.78, 5) is 12.0. The van der Waals surface area contributed by atoms with E-state index in [1.807, 2.05) is 13.0 Å². The molecule has 130 valence electrons. The van der Waals surface area contributed by atoms with Crippen molar-refractivity contribution >= 4 is 23.7 Å². The molecule has 1 aliphatic rings. The van der Waals surface area contributed by atoms with Gasteiger partial charge in [-0.15, -0.1) is 0 Å². The molecule has 0 aromatic heterocycles. The lowest BCUT2D eigenvalue weighted by molar-refractivity contribution is -0.120. The SMILES string of the molecule is CCOc1ccc(Cl)cc1C=NNC(=O)Cc1ccc2c(c1)OCO2. The molecule has 7 heteroatoms. The minimum atomic E-state index is -0.241. The van der Waals surface area contributed by atoms with Gasteiger partial charge >= 0.3 is 0 Å². The smallest absolute Gasteiger partial charge is 0.244 e. The van der Waals surface area contributed by atoms with Crippen molar-refractivity contribution in [3.8, 4) is 17.2 Å². The van der Waals surface area contributed by atoms with E-state index in [4.69, 9.17) is 25.8 Å². The van der Waals surface area contributed by atoms with Crippen molar-refractivity contribution in [1.82, 2.24) is 5.43 Å². The van der Waals surface area contributed by atoms with Gasteiger partial charge in [0.15, 0.2) is 11.5 Å². The largest absolute Gasteiger partial charge is 0.493 e. The number of amides is 1. The summed E-state index contributed by atoms with van der Waals surface area (Å²) in [6.07, 6.45) is 1.69. The van der Waals surface area contributed by atoms with E-state index in [0.717, 1.165) is 5.56 Å². The molecule has 0 radical (unpaired) electrons. The molecule has 0 spiro atoms. The third-order valence-electron chi connectivity index (χ3n) is 3.47. The van der Waals surface area contributed by atoms with Crippen molar-refractivity contribution in [3.05, 3.63) is 52.5 Å². The van der Waals surface area contributed by atoms with Crippen LogP contribution in [-0.2, 0) is 11.2 Å². The first kappa shape index (κ1) is 17.1. The number of carbonyl (C=O) groups excluding carboxylic acids is 1. The zero-order chi connectivity index (χ0) is 17.6. The van der Waals surface area contributed by atoms with Gasteiger partial charge in [-0.2, -0.15) is 5.10 Å². The number of ether oxygens (including phenoxy) is 3. The molecule has 3 rings (SSSR count). The number of hydrogen-bond acceptors (Lipinski definition) is 5. The van der Waals surface area contributed by atoms with E-state index in [1.165, 1.54) is 6.21 Å². The van der Waals surface area contributed by atoms with Gasteiger partial charge in [0, 0.05) is 10.6 Å². The highest BCUT2D eigenvalue weighted by atomic mass is 35.5.